The molecule has 0 amide bonds. The van der Waals surface area contributed by atoms with E-state index in [4.69, 9.17) is 13.9 Å². The van der Waals surface area contributed by atoms with Crippen molar-refractivity contribution >= 4 is 11.8 Å². The van der Waals surface area contributed by atoms with Gasteiger partial charge in [-0.3, -0.25) is 4.79 Å². The minimum atomic E-state index is -0.622. The fourth-order valence-corrected chi connectivity index (χ4v) is 5.45. The highest BCUT2D eigenvalue weighted by Gasteiger charge is 2.29. The molecule has 0 radical (unpaired) electrons. The Balaban J connectivity index is 1.21. The van der Waals surface area contributed by atoms with Crippen molar-refractivity contribution in [2.24, 2.45) is 5.92 Å². The van der Waals surface area contributed by atoms with Crippen LogP contribution in [0.2, 0.25) is 0 Å². The van der Waals surface area contributed by atoms with Crippen LogP contribution in [0.1, 0.15) is 65.7 Å². The smallest absolute Gasteiger partial charge is 0.329 e. The van der Waals surface area contributed by atoms with Gasteiger partial charge in [0, 0.05) is 30.5 Å². The number of aryl methyl sites for hydroxylation is 1. The first kappa shape index (κ1) is 27.4. The Morgan fingerprint density at radius 2 is 1.75 bits per heavy atom. The van der Waals surface area contributed by atoms with E-state index in [1.165, 1.54) is 13.5 Å². The largest absolute Gasteiger partial charge is 0.493 e. The molecule has 7 heteroatoms. The van der Waals surface area contributed by atoms with E-state index in [0.717, 1.165) is 54.0 Å². The molecule has 1 fully saturated rings. The molecule has 5 rings (SSSR count). The van der Waals surface area contributed by atoms with Crippen LogP contribution in [0.25, 0.3) is 11.5 Å². The Kier molecular flexibility index (Phi) is 8.79. The molecule has 2 aromatic carbocycles. The predicted octanol–water partition coefficient (Wildman–Crippen LogP) is 6.79. The van der Waals surface area contributed by atoms with Crippen LogP contribution < -0.4 is 4.74 Å². The van der Waals surface area contributed by atoms with E-state index >= 15 is 0 Å². The molecule has 2 heterocycles. The molecule has 7 nitrogen and oxygen atoms in total. The van der Waals surface area contributed by atoms with E-state index in [9.17, 15) is 9.59 Å². The van der Waals surface area contributed by atoms with Crippen molar-refractivity contribution in [3.05, 3.63) is 95.6 Å². The van der Waals surface area contributed by atoms with Gasteiger partial charge in [-0.05, 0) is 61.7 Å². The molecular formula is C33H36N2O5. The molecular weight excluding hydrogens is 504 g/mol. The second-order valence-corrected chi connectivity index (χ2v) is 10.4. The van der Waals surface area contributed by atoms with Gasteiger partial charge in [-0.1, -0.05) is 49.6 Å². The summed E-state index contributed by atoms with van der Waals surface area (Å²) in [5, 5.41) is 0. The summed E-state index contributed by atoms with van der Waals surface area (Å²) in [4.78, 5) is 30.8. The maximum Gasteiger partial charge on any atom is 0.329 e. The number of benzene rings is 2. The second kappa shape index (κ2) is 12.8. The molecule has 40 heavy (non-hydrogen) atoms. The molecule has 1 unspecified atom stereocenters. The highest BCUT2D eigenvalue weighted by atomic mass is 16.5. The molecule has 0 bridgehead atoms. The van der Waals surface area contributed by atoms with Crippen molar-refractivity contribution in [1.29, 1.82) is 0 Å². The maximum absolute atomic E-state index is 13.3. The van der Waals surface area contributed by atoms with Gasteiger partial charge < -0.3 is 18.5 Å². The van der Waals surface area contributed by atoms with Gasteiger partial charge in [0.2, 0.25) is 5.89 Å². The summed E-state index contributed by atoms with van der Waals surface area (Å²) in [5.74, 6) is 1.93. The van der Waals surface area contributed by atoms with E-state index in [1.54, 1.807) is 4.57 Å². The Hall–Kier alpha value is -4.13. The number of rotatable bonds is 11. The topological polar surface area (TPSA) is 83.6 Å². The number of nitrogens with zero attached hydrogens (tertiary/aromatic N) is 2. The van der Waals surface area contributed by atoms with Gasteiger partial charge in [0.25, 0.3) is 0 Å². The van der Waals surface area contributed by atoms with E-state index in [0.29, 0.717) is 31.0 Å². The summed E-state index contributed by atoms with van der Waals surface area (Å²) in [6, 6.07) is 20.6. The standard InChI is InChI=1S/C33H36N2O5/c1-23-28(34-32(40-23)26-12-7-4-8-13-26)19-21-39-27-17-15-24(16-18-27)22-30(33(37)38-2)35-20-9-14-29(35)31(36)25-10-5-3-6-11-25/h4,7-9,12-18,20,25,30H,3,5-6,10-11,19,21-22H2,1-2H3. The fraction of sp³-hybridized carbons (Fsp3) is 0.364. The van der Waals surface area contributed by atoms with Crippen LogP contribution in [0.5, 0.6) is 5.75 Å². The van der Waals surface area contributed by atoms with Gasteiger partial charge in [0.15, 0.2) is 5.78 Å². The monoisotopic (exact) mass is 540 g/mol. The Bertz CT molecular complexity index is 1410. The molecule has 0 saturated heterocycles. The molecule has 1 aliphatic carbocycles. The van der Waals surface area contributed by atoms with E-state index in [-0.39, 0.29) is 17.7 Å². The van der Waals surface area contributed by atoms with Crippen LogP contribution in [-0.4, -0.2) is 35.0 Å². The number of hydrogen-bond donors (Lipinski definition) is 0. The van der Waals surface area contributed by atoms with Gasteiger partial charge >= 0.3 is 5.97 Å². The highest BCUT2D eigenvalue weighted by molar-refractivity contribution is 5.97. The zero-order chi connectivity index (χ0) is 27.9. The lowest BCUT2D eigenvalue weighted by atomic mass is 9.85. The van der Waals surface area contributed by atoms with Crippen LogP contribution >= 0.6 is 0 Å². The number of methoxy groups -OCH3 is 1. The van der Waals surface area contributed by atoms with Crippen LogP contribution in [0, 0.1) is 12.8 Å². The first-order valence-electron chi connectivity index (χ1n) is 14.1. The molecule has 1 aliphatic rings. The summed E-state index contributed by atoms with van der Waals surface area (Å²) in [5.41, 5.74) is 3.36. The summed E-state index contributed by atoms with van der Waals surface area (Å²) in [6.45, 7) is 2.38. The summed E-state index contributed by atoms with van der Waals surface area (Å²) >= 11 is 0. The number of carbonyl (C=O) groups excluding carboxylic acids is 2. The van der Waals surface area contributed by atoms with Crippen molar-refractivity contribution < 1.29 is 23.5 Å². The lowest BCUT2D eigenvalue weighted by Gasteiger charge is -2.24. The van der Waals surface area contributed by atoms with Crippen LogP contribution in [0.4, 0.5) is 0 Å². The molecule has 1 saturated carbocycles. The number of oxazole rings is 1. The number of esters is 1. The first-order chi connectivity index (χ1) is 19.5. The van der Waals surface area contributed by atoms with Crippen LogP contribution in [0.3, 0.4) is 0 Å². The predicted molar refractivity (Wildman–Crippen MR) is 152 cm³/mol. The van der Waals surface area contributed by atoms with Gasteiger partial charge in [0.1, 0.15) is 17.6 Å². The number of aromatic nitrogens is 2. The highest BCUT2D eigenvalue weighted by Crippen LogP contribution is 2.29. The minimum absolute atomic E-state index is 0.0306. The van der Waals surface area contributed by atoms with E-state index in [1.807, 2.05) is 79.9 Å². The van der Waals surface area contributed by atoms with Crippen LogP contribution in [0.15, 0.2) is 77.3 Å². The quantitative estimate of drug-likeness (QED) is 0.154. The third-order valence-corrected chi connectivity index (χ3v) is 7.69. The second-order valence-electron chi connectivity index (χ2n) is 10.4. The van der Waals surface area contributed by atoms with Gasteiger partial charge in [-0.15, -0.1) is 0 Å². The van der Waals surface area contributed by atoms with Crippen molar-refractivity contribution in [2.45, 2.75) is 57.9 Å². The van der Waals surface area contributed by atoms with Crippen molar-refractivity contribution in [3.63, 3.8) is 0 Å². The Labute approximate surface area is 235 Å². The molecule has 208 valence electrons. The maximum atomic E-state index is 13.3. The molecule has 4 aromatic rings. The average molecular weight is 541 g/mol. The van der Waals surface area contributed by atoms with E-state index in [2.05, 4.69) is 4.98 Å². The van der Waals surface area contributed by atoms with E-state index < -0.39 is 6.04 Å². The number of ether oxygens (including phenoxy) is 2. The van der Waals surface area contributed by atoms with Gasteiger partial charge in [0.05, 0.1) is 25.1 Å². The molecule has 0 aliphatic heterocycles. The van der Waals surface area contributed by atoms with Crippen molar-refractivity contribution in [1.82, 2.24) is 9.55 Å². The summed E-state index contributed by atoms with van der Waals surface area (Å²) < 4.78 is 18.7. The average Bonchev–Trinajstić information content (AvgIpc) is 3.63. The summed E-state index contributed by atoms with van der Waals surface area (Å²) in [7, 11) is 1.39. The summed E-state index contributed by atoms with van der Waals surface area (Å²) in [6.07, 6.45) is 8.02. The minimum Gasteiger partial charge on any atom is -0.493 e. The third kappa shape index (κ3) is 6.36. The number of carbonyl (C=O) groups is 2. The number of ketones is 1. The normalized spacial score (nSPS) is 14.6. The molecule has 1 atom stereocenters. The Morgan fingerprint density at radius 1 is 1.00 bits per heavy atom. The third-order valence-electron chi connectivity index (χ3n) is 7.69. The lowest BCUT2D eigenvalue weighted by molar-refractivity contribution is -0.144. The zero-order valence-electron chi connectivity index (χ0n) is 23.2. The lowest BCUT2D eigenvalue weighted by Crippen LogP contribution is -2.28. The molecule has 2 aromatic heterocycles. The molecule has 0 spiro atoms. The molecule has 0 N–H and O–H groups in total. The van der Waals surface area contributed by atoms with Gasteiger partial charge in [-0.25, -0.2) is 9.78 Å². The fourth-order valence-electron chi connectivity index (χ4n) is 5.45. The SMILES string of the molecule is COC(=O)C(Cc1ccc(OCCc2nc(-c3ccccc3)oc2C)cc1)n1cccc1C(=O)C1CCCCC1. The zero-order valence-corrected chi connectivity index (χ0v) is 23.2. The number of Topliss-reactive ketones (excluding diaryl/α,β-unsaturated/α-hetero) is 1. The van der Waals surface area contributed by atoms with Crippen molar-refractivity contribution in [3.8, 4) is 17.2 Å². The number of hydrogen-bond acceptors (Lipinski definition) is 6. The Morgan fingerprint density at radius 3 is 2.48 bits per heavy atom. The van der Waals surface area contributed by atoms with Crippen LogP contribution in [-0.2, 0) is 22.4 Å². The van der Waals surface area contributed by atoms with Crippen molar-refractivity contribution in [2.75, 3.05) is 13.7 Å². The van der Waals surface area contributed by atoms with Gasteiger partial charge in [-0.2, -0.15) is 0 Å². The first-order valence-corrected chi connectivity index (χ1v) is 14.1.